The summed E-state index contributed by atoms with van der Waals surface area (Å²) >= 11 is 0. The van der Waals surface area contributed by atoms with Crippen molar-refractivity contribution in [1.29, 1.82) is 0 Å². The van der Waals surface area contributed by atoms with Crippen LogP contribution in [0.1, 0.15) is 45.4 Å². The number of hydrogen-bond acceptors (Lipinski definition) is 1. The average molecular weight is 196 g/mol. The molecule has 0 aromatic carbocycles. The highest BCUT2D eigenvalue weighted by molar-refractivity contribution is 5.69. The molecule has 1 aliphatic carbocycles. The van der Waals surface area contributed by atoms with E-state index in [1.165, 1.54) is 32.1 Å². The predicted octanol–water partition coefficient (Wildman–Crippen LogP) is 3.23. The van der Waals surface area contributed by atoms with Crippen molar-refractivity contribution in [2.75, 3.05) is 0 Å². The van der Waals surface area contributed by atoms with Gasteiger partial charge >= 0.3 is 5.97 Å². The molecule has 0 bridgehead atoms. The maximum Gasteiger partial charge on any atom is 0.306 e. The normalized spacial score (nSPS) is 21.2. The summed E-state index contributed by atoms with van der Waals surface area (Å²) in [5.41, 5.74) is 0. The van der Waals surface area contributed by atoms with Crippen LogP contribution in [-0.4, -0.2) is 11.1 Å². The van der Waals surface area contributed by atoms with Crippen LogP contribution in [0.4, 0.5) is 0 Å². The number of allylic oxidation sites excluding steroid dienone is 2. The van der Waals surface area contributed by atoms with E-state index < -0.39 is 5.97 Å². The van der Waals surface area contributed by atoms with Gasteiger partial charge in [-0.3, -0.25) is 4.79 Å². The SMILES string of the molecule is CC(CC=CC1CCCCC1)C(=O)O. The first-order chi connectivity index (χ1) is 6.70. The van der Waals surface area contributed by atoms with Gasteiger partial charge in [0.25, 0.3) is 0 Å². The Balaban J connectivity index is 2.21. The highest BCUT2D eigenvalue weighted by Crippen LogP contribution is 2.24. The molecule has 1 unspecified atom stereocenters. The quantitative estimate of drug-likeness (QED) is 0.701. The van der Waals surface area contributed by atoms with Gasteiger partial charge in [0.05, 0.1) is 5.92 Å². The lowest BCUT2D eigenvalue weighted by molar-refractivity contribution is -0.140. The van der Waals surface area contributed by atoms with Crippen LogP contribution in [0.2, 0.25) is 0 Å². The molecule has 0 spiro atoms. The number of rotatable bonds is 4. The van der Waals surface area contributed by atoms with Gasteiger partial charge in [0.2, 0.25) is 0 Å². The number of carboxylic acids is 1. The Morgan fingerprint density at radius 2 is 2.07 bits per heavy atom. The zero-order valence-corrected chi connectivity index (χ0v) is 8.91. The monoisotopic (exact) mass is 196 g/mol. The second-order valence-corrected chi connectivity index (χ2v) is 4.30. The standard InChI is InChI=1S/C12H20O2/c1-10(12(13)14)6-5-9-11-7-3-2-4-8-11/h5,9-11H,2-4,6-8H2,1H3,(H,13,14). The van der Waals surface area contributed by atoms with E-state index in [0.29, 0.717) is 12.3 Å². The molecule has 1 rings (SSSR count). The van der Waals surface area contributed by atoms with Crippen LogP contribution in [-0.2, 0) is 4.79 Å². The lowest BCUT2D eigenvalue weighted by Crippen LogP contribution is -2.08. The molecule has 14 heavy (non-hydrogen) atoms. The third kappa shape index (κ3) is 3.95. The maximum atomic E-state index is 10.5. The molecule has 2 heteroatoms. The fourth-order valence-corrected chi connectivity index (χ4v) is 1.90. The van der Waals surface area contributed by atoms with Crippen LogP contribution < -0.4 is 0 Å². The minimum absolute atomic E-state index is 0.241. The molecule has 0 radical (unpaired) electrons. The fourth-order valence-electron chi connectivity index (χ4n) is 1.90. The summed E-state index contributed by atoms with van der Waals surface area (Å²) in [4.78, 5) is 10.5. The highest BCUT2D eigenvalue weighted by Gasteiger charge is 2.11. The van der Waals surface area contributed by atoms with E-state index in [1.54, 1.807) is 6.92 Å². The van der Waals surface area contributed by atoms with Crippen molar-refractivity contribution < 1.29 is 9.90 Å². The minimum Gasteiger partial charge on any atom is -0.481 e. The third-order valence-corrected chi connectivity index (χ3v) is 2.97. The summed E-state index contributed by atoms with van der Waals surface area (Å²) in [5.74, 6) is -0.224. The molecule has 1 fully saturated rings. The second-order valence-electron chi connectivity index (χ2n) is 4.30. The fraction of sp³-hybridized carbons (Fsp3) is 0.750. The van der Waals surface area contributed by atoms with Crippen molar-refractivity contribution >= 4 is 5.97 Å². The van der Waals surface area contributed by atoms with Gasteiger partial charge in [0.1, 0.15) is 0 Å². The summed E-state index contributed by atoms with van der Waals surface area (Å²) in [5, 5.41) is 8.69. The first-order valence-electron chi connectivity index (χ1n) is 5.59. The highest BCUT2D eigenvalue weighted by atomic mass is 16.4. The van der Waals surface area contributed by atoms with Crippen LogP contribution in [0.25, 0.3) is 0 Å². The van der Waals surface area contributed by atoms with E-state index in [2.05, 4.69) is 12.2 Å². The molecule has 1 aliphatic rings. The van der Waals surface area contributed by atoms with Gasteiger partial charge in [0.15, 0.2) is 0 Å². The molecule has 0 aromatic rings. The summed E-state index contributed by atoms with van der Waals surface area (Å²) in [6.45, 7) is 1.76. The Morgan fingerprint density at radius 3 is 2.64 bits per heavy atom. The summed E-state index contributed by atoms with van der Waals surface area (Å²) in [6, 6.07) is 0. The largest absolute Gasteiger partial charge is 0.481 e. The smallest absolute Gasteiger partial charge is 0.306 e. The van der Waals surface area contributed by atoms with E-state index in [4.69, 9.17) is 5.11 Å². The van der Waals surface area contributed by atoms with Gasteiger partial charge in [-0.15, -0.1) is 0 Å². The zero-order chi connectivity index (χ0) is 10.4. The molecule has 1 atom stereocenters. The topological polar surface area (TPSA) is 37.3 Å². The zero-order valence-electron chi connectivity index (χ0n) is 8.91. The Kier molecular flexibility index (Phi) is 4.71. The van der Waals surface area contributed by atoms with E-state index in [9.17, 15) is 4.79 Å². The molecular weight excluding hydrogens is 176 g/mol. The van der Waals surface area contributed by atoms with E-state index in [0.717, 1.165) is 0 Å². The average Bonchev–Trinajstić information content (AvgIpc) is 2.19. The van der Waals surface area contributed by atoms with Crippen molar-refractivity contribution in [2.45, 2.75) is 45.4 Å². The Morgan fingerprint density at radius 1 is 1.43 bits per heavy atom. The molecule has 80 valence electrons. The molecule has 0 aliphatic heterocycles. The summed E-state index contributed by atoms with van der Waals surface area (Å²) in [6.07, 6.45) is 11.6. The molecule has 1 N–H and O–H groups in total. The first kappa shape index (κ1) is 11.3. The summed E-state index contributed by atoms with van der Waals surface area (Å²) in [7, 11) is 0. The lowest BCUT2D eigenvalue weighted by Gasteiger charge is -2.17. The van der Waals surface area contributed by atoms with Crippen LogP contribution in [0.5, 0.6) is 0 Å². The lowest BCUT2D eigenvalue weighted by atomic mass is 9.88. The van der Waals surface area contributed by atoms with E-state index in [1.807, 2.05) is 0 Å². The Bertz CT molecular complexity index is 202. The number of aliphatic carboxylic acids is 1. The predicted molar refractivity (Wildman–Crippen MR) is 57.1 cm³/mol. The van der Waals surface area contributed by atoms with Gasteiger partial charge in [-0.05, 0) is 25.2 Å². The van der Waals surface area contributed by atoms with Crippen molar-refractivity contribution in [3.8, 4) is 0 Å². The van der Waals surface area contributed by atoms with Crippen molar-refractivity contribution in [2.24, 2.45) is 11.8 Å². The molecule has 0 aromatic heterocycles. The van der Waals surface area contributed by atoms with Crippen molar-refractivity contribution in [1.82, 2.24) is 0 Å². The van der Waals surface area contributed by atoms with Crippen LogP contribution in [0.3, 0.4) is 0 Å². The molecular formula is C12H20O2. The van der Waals surface area contributed by atoms with Gasteiger partial charge in [-0.25, -0.2) is 0 Å². The maximum absolute atomic E-state index is 10.5. The van der Waals surface area contributed by atoms with E-state index >= 15 is 0 Å². The van der Waals surface area contributed by atoms with E-state index in [-0.39, 0.29) is 5.92 Å². The Hall–Kier alpha value is -0.790. The van der Waals surface area contributed by atoms with Crippen molar-refractivity contribution in [3.63, 3.8) is 0 Å². The van der Waals surface area contributed by atoms with Gasteiger partial charge < -0.3 is 5.11 Å². The van der Waals surface area contributed by atoms with Crippen molar-refractivity contribution in [3.05, 3.63) is 12.2 Å². The van der Waals surface area contributed by atoms with Crippen LogP contribution in [0, 0.1) is 11.8 Å². The summed E-state index contributed by atoms with van der Waals surface area (Å²) < 4.78 is 0. The van der Waals surface area contributed by atoms with Crippen LogP contribution >= 0.6 is 0 Å². The van der Waals surface area contributed by atoms with Crippen LogP contribution in [0.15, 0.2) is 12.2 Å². The number of carboxylic acid groups (broad SMARTS) is 1. The number of hydrogen-bond donors (Lipinski definition) is 1. The second kappa shape index (κ2) is 5.84. The molecule has 0 saturated heterocycles. The minimum atomic E-state index is -0.696. The molecule has 0 amide bonds. The third-order valence-electron chi connectivity index (χ3n) is 2.97. The first-order valence-corrected chi connectivity index (χ1v) is 5.59. The van der Waals surface area contributed by atoms with Gasteiger partial charge in [0, 0.05) is 0 Å². The number of carbonyl (C=O) groups is 1. The molecule has 1 saturated carbocycles. The van der Waals surface area contributed by atoms with Gasteiger partial charge in [-0.1, -0.05) is 38.3 Å². The Labute approximate surface area is 86.0 Å². The molecule has 0 heterocycles. The molecule has 2 nitrogen and oxygen atoms in total. The van der Waals surface area contributed by atoms with Gasteiger partial charge in [-0.2, -0.15) is 0 Å².